The number of rotatable bonds is 0. The fraction of sp³-hybridized carbons (Fsp3) is 0. The van der Waals surface area contributed by atoms with Gasteiger partial charge in [0.05, 0.1) is 8.26 Å². The molecule has 0 atom stereocenters. The second-order valence-corrected chi connectivity index (χ2v) is 3.30. The summed E-state index contributed by atoms with van der Waals surface area (Å²) in [5.74, 6) is -0.419. The zero-order chi connectivity index (χ0) is 12.0. The summed E-state index contributed by atoms with van der Waals surface area (Å²) in [5, 5.41) is 1.39. The lowest BCUT2D eigenvalue weighted by Crippen LogP contribution is -1.83. The van der Waals surface area contributed by atoms with Crippen molar-refractivity contribution in [1.82, 2.24) is 4.98 Å². The van der Waals surface area contributed by atoms with E-state index in [1.807, 2.05) is 0 Å². The highest BCUT2D eigenvalue weighted by molar-refractivity contribution is 6.05. The average molecular weight is 199 g/mol. The highest BCUT2D eigenvalue weighted by Crippen LogP contribution is 2.24. The molecule has 2 aromatic carbocycles. The molecule has 0 saturated heterocycles. The van der Waals surface area contributed by atoms with Gasteiger partial charge in [-0.15, -0.1) is 0 Å². The van der Waals surface area contributed by atoms with E-state index in [9.17, 15) is 4.39 Å². The van der Waals surface area contributed by atoms with Gasteiger partial charge in [0.25, 0.3) is 0 Å². The fourth-order valence-corrected chi connectivity index (χ4v) is 1.69. The molecule has 0 N–H and O–H groups in total. The Hall–Kier alpha value is -1.96. The molecule has 15 heavy (non-hydrogen) atoms. The van der Waals surface area contributed by atoms with Gasteiger partial charge in [-0.1, -0.05) is 30.3 Å². The van der Waals surface area contributed by atoms with E-state index in [-0.39, 0.29) is 17.5 Å². The summed E-state index contributed by atoms with van der Waals surface area (Å²) >= 11 is 0. The van der Waals surface area contributed by atoms with Crippen LogP contribution < -0.4 is 0 Å². The molecule has 0 fully saturated rings. The molecule has 0 amide bonds. The number of pyridine rings is 1. The van der Waals surface area contributed by atoms with Gasteiger partial charge in [0, 0.05) is 22.4 Å². The molecule has 0 radical (unpaired) electrons. The molecule has 0 spiro atoms. The maximum atomic E-state index is 13.7. The highest BCUT2D eigenvalue weighted by atomic mass is 19.1. The van der Waals surface area contributed by atoms with Gasteiger partial charge in [0.1, 0.15) is 5.82 Å². The maximum absolute atomic E-state index is 13.7. The smallest absolute Gasteiger partial charge is 0.131 e. The zero-order valence-electron chi connectivity index (χ0n) is 9.79. The minimum Gasteiger partial charge on any atom is -0.256 e. The molecule has 1 nitrogen and oxygen atoms in total. The molecule has 3 rings (SSSR count). The lowest BCUT2D eigenvalue weighted by Gasteiger charge is -2.02. The first-order valence-electron chi connectivity index (χ1n) is 5.61. The molecular formula is C13H8FN. The van der Waals surface area contributed by atoms with E-state index in [4.69, 9.17) is 2.74 Å². The third kappa shape index (κ3) is 1.18. The van der Waals surface area contributed by atoms with Crippen LogP contribution in [0.25, 0.3) is 21.7 Å². The summed E-state index contributed by atoms with van der Waals surface area (Å²) < 4.78 is 29.4. The summed E-state index contributed by atoms with van der Waals surface area (Å²) in [4.78, 5) is 4.17. The van der Waals surface area contributed by atoms with Crippen LogP contribution in [0.3, 0.4) is 0 Å². The Balaban J connectivity index is 2.68. The van der Waals surface area contributed by atoms with E-state index in [1.165, 1.54) is 18.2 Å². The Kier molecular flexibility index (Phi) is 1.31. The molecule has 1 aromatic heterocycles. The zero-order valence-corrected chi connectivity index (χ0v) is 7.79. The molecule has 0 saturated carbocycles. The van der Waals surface area contributed by atoms with Crippen molar-refractivity contribution in [3.8, 4) is 0 Å². The topological polar surface area (TPSA) is 12.9 Å². The van der Waals surface area contributed by atoms with E-state index in [1.54, 1.807) is 18.3 Å². The molecule has 72 valence electrons. The maximum Gasteiger partial charge on any atom is 0.131 e. The first kappa shape index (κ1) is 6.51. The average Bonchev–Trinajstić information content (AvgIpc) is 2.34. The summed E-state index contributed by atoms with van der Waals surface area (Å²) in [7, 11) is 0. The van der Waals surface area contributed by atoms with Gasteiger partial charge in [-0.25, -0.2) is 4.39 Å². The molecular weight excluding hydrogens is 189 g/mol. The number of fused-ring (bicyclic) bond motifs is 3. The molecule has 3 aromatic rings. The van der Waals surface area contributed by atoms with Crippen LogP contribution >= 0.6 is 0 Å². The summed E-state index contributed by atoms with van der Waals surface area (Å²) in [6, 6.07) is 8.06. The van der Waals surface area contributed by atoms with Crippen molar-refractivity contribution in [3.05, 3.63) is 54.4 Å². The van der Waals surface area contributed by atoms with Gasteiger partial charge in [0.15, 0.2) is 0 Å². The quantitative estimate of drug-likeness (QED) is 0.505. The monoisotopic (exact) mass is 199 g/mol. The number of benzene rings is 2. The van der Waals surface area contributed by atoms with Crippen LogP contribution in [0, 0.1) is 5.82 Å². The van der Waals surface area contributed by atoms with Gasteiger partial charge in [-0.3, -0.25) is 4.98 Å². The third-order valence-corrected chi connectivity index (χ3v) is 2.40. The van der Waals surface area contributed by atoms with Crippen LogP contribution in [0.2, 0.25) is 0 Å². The SMILES string of the molecule is [2H]c1cc2c(F)ccc([2H])c2c2ncccc12. The normalized spacial score (nSPS) is 12.9. The second-order valence-electron chi connectivity index (χ2n) is 3.30. The lowest BCUT2D eigenvalue weighted by atomic mass is 10.1. The van der Waals surface area contributed by atoms with Crippen molar-refractivity contribution < 1.29 is 7.13 Å². The summed E-state index contributed by atoms with van der Waals surface area (Å²) in [5.41, 5.74) is 0.513. The molecule has 0 bridgehead atoms. The minimum absolute atomic E-state index is 0.227. The number of aromatic nitrogens is 1. The number of hydrogen-bond donors (Lipinski definition) is 0. The predicted octanol–water partition coefficient (Wildman–Crippen LogP) is 3.53. The van der Waals surface area contributed by atoms with Gasteiger partial charge >= 0.3 is 0 Å². The molecule has 0 unspecified atom stereocenters. The summed E-state index contributed by atoms with van der Waals surface area (Å²) in [6.45, 7) is 0. The van der Waals surface area contributed by atoms with Crippen molar-refractivity contribution in [1.29, 1.82) is 0 Å². The fourth-order valence-electron chi connectivity index (χ4n) is 1.69. The van der Waals surface area contributed by atoms with Crippen LogP contribution in [0.4, 0.5) is 4.39 Å². The largest absolute Gasteiger partial charge is 0.256 e. The molecule has 0 aliphatic heterocycles. The van der Waals surface area contributed by atoms with Crippen LogP contribution in [0.1, 0.15) is 2.74 Å². The molecule has 0 aliphatic rings. The van der Waals surface area contributed by atoms with Crippen molar-refractivity contribution >= 4 is 21.7 Å². The van der Waals surface area contributed by atoms with Gasteiger partial charge in [0.2, 0.25) is 0 Å². The van der Waals surface area contributed by atoms with Gasteiger partial charge in [-0.05, 0) is 12.1 Å². The molecule has 0 aliphatic carbocycles. The highest BCUT2D eigenvalue weighted by Gasteiger charge is 2.03. The Morgan fingerprint density at radius 2 is 2.00 bits per heavy atom. The summed E-state index contributed by atoms with van der Waals surface area (Å²) in [6.07, 6.45) is 1.59. The van der Waals surface area contributed by atoms with Gasteiger partial charge < -0.3 is 0 Å². The number of halogens is 1. The number of nitrogens with zero attached hydrogens (tertiary/aromatic N) is 1. The second kappa shape index (κ2) is 3.02. The standard InChI is InChI=1S/C13H8FN/c14-12-5-1-4-11-10(12)7-6-9-3-2-8-15-13(9)11/h1-8H/i4D,6D. The predicted molar refractivity (Wildman–Crippen MR) is 59.2 cm³/mol. The lowest BCUT2D eigenvalue weighted by molar-refractivity contribution is 0.640. The van der Waals surface area contributed by atoms with Crippen molar-refractivity contribution in [2.24, 2.45) is 0 Å². The van der Waals surface area contributed by atoms with Gasteiger partial charge in [-0.2, -0.15) is 0 Å². The van der Waals surface area contributed by atoms with Crippen LogP contribution in [0.5, 0.6) is 0 Å². The van der Waals surface area contributed by atoms with Crippen molar-refractivity contribution in [2.45, 2.75) is 0 Å². The molecule has 1 heterocycles. The van der Waals surface area contributed by atoms with Crippen LogP contribution in [0.15, 0.2) is 48.6 Å². The van der Waals surface area contributed by atoms with Crippen LogP contribution in [-0.4, -0.2) is 4.98 Å². The van der Waals surface area contributed by atoms with E-state index in [2.05, 4.69) is 4.98 Å². The Morgan fingerprint density at radius 3 is 2.93 bits per heavy atom. The van der Waals surface area contributed by atoms with E-state index < -0.39 is 5.82 Å². The van der Waals surface area contributed by atoms with Crippen molar-refractivity contribution in [2.75, 3.05) is 0 Å². The van der Waals surface area contributed by atoms with E-state index in [0.29, 0.717) is 16.3 Å². The minimum atomic E-state index is -0.419. The van der Waals surface area contributed by atoms with E-state index in [0.717, 1.165) is 0 Å². The van der Waals surface area contributed by atoms with E-state index >= 15 is 0 Å². The van der Waals surface area contributed by atoms with Crippen molar-refractivity contribution in [3.63, 3.8) is 0 Å². The molecule has 2 heteroatoms. The Labute approximate surface area is 89.0 Å². The van der Waals surface area contributed by atoms with Crippen LogP contribution in [-0.2, 0) is 0 Å². The Morgan fingerprint density at radius 1 is 1.07 bits per heavy atom. The number of hydrogen-bond acceptors (Lipinski definition) is 1. The first-order valence-corrected chi connectivity index (χ1v) is 4.61. The Bertz CT molecular complexity index is 740. The third-order valence-electron chi connectivity index (χ3n) is 2.40. The first-order chi connectivity index (χ1) is 8.18.